The molecule has 0 spiro atoms. The quantitative estimate of drug-likeness (QED) is 0.0568. The summed E-state index contributed by atoms with van der Waals surface area (Å²) < 4.78 is 10.7. The zero-order valence-corrected chi connectivity index (χ0v) is 22.4. The lowest BCUT2D eigenvalue weighted by molar-refractivity contribution is -0.129. The third kappa shape index (κ3) is 13.5. The number of ether oxygens (including phenoxy) is 2. The van der Waals surface area contributed by atoms with E-state index >= 15 is 0 Å². The van der Waals surface area contributed by atoms with Crippen molar-refractivity contribution in [1.29, 1.82) is 0 Å². The number of benzene rings is 2. The van der Waals surface area contributed by atoms with Crippen LogP contribution in [-0.2, 0) is 9.59 Å². The largest absolute Gasteiger partial charge is 0.493 e. The van der Waals surface area contributed by atoms with Gasteiger partial charge in [-0.15, -0.1) is 0 Å². The summed E-state index contributed by atoms with van der Waals surface area (Å²) in [6, 6.07) is 14.6. The molecule has 0 aliphatic heterocycles. The van der Waals surface area contributed by atoms with E-state index in [-0.39, 0.29) is 5.91 Å². The maximum Gasteiger partial charge on any atom is 0.336 e. The molecule has 2 aromatic rings. The molecule has 0 aromatic heterocycles. The highest BCUT2D eigenvalue weighted by atomic mass is 16.6. The van der Waals surface area contributed by atoms with Gasteiger partial charge in [-0.2, -0.15) is 5.10 Å². The van der Waals surface area contributed by atoms with E-state index in [9.17, 15) is 9.59 Å². The number of hydrogen-bond donors (Lipinski definition) is 1. The van der Waals surface area contributed by atoms with Gasteiger partial charge in [0, 0.05) is 12.5 Å². The number of hydrogen-bond acceptors (Lipinski definition) is 5. The Morgan fingerprint density at radius 1 is 0.811 bits per heavy atom. The van der Waals surface area contributed by atoms with Gasteiger partial charge in [-0.25, -0.2) is 10.2 Å². The Kier molecular flexibility index (Phi) is 15.2. The Morgan fingerprint density at radius 3 is 2.11 bits per heavy atom. The monoisotopic (exact) mass is 506 g/mol. The van der Waals surface area contributed by atoms with Crippen LogP contribution in [0.25, 0.3) is 6.08 Å². The van der Waals surface area contributed by atoms with Gasteiger partial charge >= 0.3 is 5.97 Å². The van der Waals surface area contributed by atoms with Crippen LogP contribution in [0.5, 0.6) is 11.5 Å². The summed E-state index contributed by atoms with van der Waals surface area (Å²) in [6.07, 6.45) is 18.9. The lowest BCUT2D eigenvalue weighted by atomic mass is 10.1. The fourth-order valence-electron chi connectivity index (χ4n) is 3.90. The van der Waals surface area contributed by atoms with Gasteiger partial charge in [0.15, 0.2) is 11.5 Å². The zero-order chi connectivity index (χ0) is 26.6. The molecule has 0 fully saturated rings. The topological polar surface area (TPSA) is 77.0 Å². The Morgan fingerprint density at radius 2 is 1.46 bits per heavy atom. The third-order valence-electron chi connectivity index (χ3n) is 6.02. The second kappa shape index (κ2) is 18.8. The molecule has 0 saturated carbocycles. The summed E-state index contributed by atoms with van der Waals surface area (Å²) in [5, 5.41) is 4.04. The molecule has 0 aliphatic carbocycles. The first-order valence-electron chi connectivity index (χ1n) is 13.6. The SMILES string of the molecule is CCCCCCCCCCCCCC(=O)N/N=C\c1ccc(OC(=O)/C=C/c2ccccc2)c(OC)c1. The molecule has 6 nitrogen and oxygen atoms in total. The van der Waals surface area contributed by atoms with Crippen LogP contribution < -0.4 is 14.9 Å². The number of esters is 1. The van der Waals surface area contributed by atoms with Gasteiger partial charge in [0.1, 0.15) is 0 Å². The molecular formula is C31H42N2O4. The molecule has 0 radical (unpaired) electrons. The lowest BCUT2D eigenvalue weighted by Gasteiger charge is -2.08. The number of nitrogens with zero attached hydrogens (tertiary/aromatic N) is 1. The van der Waals surface area contributed by atoms with E-state index in [4.69, 9.17) is 9.47 Å². The number of carbonyl (C=O) groups is 2. The molecule has 1 N–H and O–H groups in total. The summed E-state index contributed by atoms with van der Waals surface area (Å²) in [6.45, 7) is 2.25. The van der Waals surface area contributed by atoms with Crippen molar-refractivity contribution in [3.8, 4) is 11.5 Å². The Balaban J connectivity index is 1.65. The molecule has 2 rings (SSSR count). The van der Waals surface area contributed by atoms with Crippen LogP contribution in [0.3, 0.4) is 0 Å². The maximum absolute atomic E-state index is 12.2. The highest BCUT2D eigenvalue weighted by Crippen LogP contribution is 2.28. The second-order valence-electron chi connectivity index (χ2n) is 9.15. The van der Waals surface area contributed by atoms with Crippen molar-refractivity contribution >= 4 is 24.2 Å². The number of hydrazone groups is 1. The summed E-state index contributed by atoms with van der Waals surface area (Å²) >= 11 is 0. The lowest BCUT2D eigenvalue weighted by Crippen LogP contribution is -2.16. The normalized spacial score (nSPS) is 11.2. The molecule has 0 heterocycles. The minimum Gasteiger partial charge on any atom is -0.493 e. The molecular weight excluding hydrogens is 464 g/mol. The van der Waals surface area contributed by atoms with Gasteiger partial charge in [-0.05, 0) is 41.8 Å². The van der Waals surface area contributed by atoms with Gasteiger partial charge in [0.05, 0.1) is 13.3 Å². The van der Waals surface area contributed by atoms with Gasteiger partial charge < -0.3 is 9.47 Å². The highest BCUT2D eigenvalue weighted by Gasteiger charge is 2.09. The van der Waals surface area contributed by atoms with Crippen molar-refractivity contribution in [3.05, 3.63) is 65.7 Å². The van der Waals surface area contributed by atoms with Gasteiger partial charge in [0.2, 0.25) is 5.91 Å². The van der Waals surface area contributed by atoms with E-state index in [1.807, 2.05) is 30.3 Å². The summed E-state index contributed by atoms with van der Waals surface area (Å²) in [4.78, 5) is 24.2. The summed E-state index contributed by atoms with van der Waals surface area (Å²) in [5.74, 6) is 0.119. The molecule has 0 bridgehead atoms. The van der Waals surface area contributed by atoms with Crippen molar-refractivity contribution in [1.82, 2.24) is 5.43 Å². The molecule has 0 saturated heterocycles. The van der Waals surface area contributed by atoms with Crippen LogP contribution in [0.15, 0.2) is 59.7 Å². The minimum atomic E-state index is -0.502. The summed E-state index contributed by atoms with van der Waals surface area (Å²) in [5.41, 5.74) is 4.20. The van der Waals surface area contributed by atoms with Crippen molar-refractivity contribution in [3.63, 3.8) is 0 Å². The molecule has 200 valence electrons. The Labute approximate surface area is 222 Å². The van der Waals surface area contributed by atoms with Crippen molar-refractivity contribution < 1.29 is 19.1 Å². The molecule has 0 unspecified atom stereocenters. The van der Waals surface area contributed by atoms with E-state index < -0.39 is 5.97 Å². The predicted molar refractivity (Wildman–Crippen MR) is 151 cm³/mol. The molecule has 6 heteroatoms. The van der Waals surface area contributed by atoms with Crippen LogP contribution in [0.2, 0.25) is 0 Å². The van der Waals surface area contributed by atoms with E-state index in [0.717, 1.165) is 18.4 Å². The predicted octanol–water partition coefficient (Wildman–Crippen LogP) is 7.47. The minimum absolute atomic E-state index is 0.0881. The van der Waals surface area contributed by atoms with Crippen LogP contribution >= 0.6 is 0 Å². The number of methoxy groups -OCH3 is 1. The number of carbonyl (C=O) groups excluding carboxylic acids is 2. The third-order valence-corrected chi connectivity index (χ3v) is 6.02. The Bertz CT molecular complexity index is 986. The average molecular weight is 507 g/mol. The zero-order valence-electron chi connectivity index (χ0n) is 22.4. The van der Waals surface area contributed by atoms with Crippen LogP contribution in [-0.4, -0.2) is 25.2 Å². The van der Waals surface area contributed by atoms with Crippen molar-refractivity contribution in [2.75, 3.05) is 7.11 Å². The maximum atomic E-state index is 12.2. The van der Waals surface area contributed by atoms with E-state index in [2.05, 4.69) is 17.5 Å². The summed E-state index contributed by atoms with van der Waals surface area (Å²) in [7, 11) is 1.50. The van der Waals surface area contributed by atoms with Gasteiger partial charge in [-0.1, -0.05) is 101 Å². The van der Waals surface area contributed by atoms with Crippen LogP contribution in [0.4, 0.5) is 0 Å². The first-order chi connectivity index (χ1) is 18.1. The van der Waals surface area contributed by atoms with Gasteiger partial charge in [0.25, 0.3) is 0 Å². The van der Waals surface area contributed by atoms with Crippen molar-refractivity contribution in [2.24, 2.45) is 5.10 Å². The molecule has 2 aromatic carbocycles. The average Bonchev–Trinajstić information content (AvgIpc) is 2.92. The first kappa shape index (κ1) is 29.8. The smallest absolute Gasteiger partial charge is 0.336 e. The second-order valence-corrected chi connectivity index (χ2v) is 9.15. The van der Waals surface area contributed by atoms with E-state index in [0.29, 0.717) is 23.5 Å². The number of unbranched alkanes of at least 4 members (excludes halogenated alkanes) is 10. The van der Waals surface area contributed by atoms with Gasteiger partial charge in [-0.3, -0.25) is 4.79 Å². The van der Waals surface area contributed by atoms with E-state index in [1.54, 1.807) is 30.5 Å². The fourth-order valence-corrected chi connectivity index (χ4v) is 3.90. The standard InChI is InChI=1S/C31H42N2O4/c1-3-4-5-6-7-8-9-10-11-12-16-19-30(34)33-32-25-27-20-22-28(29(24-27)36-2)37-31(35)23-21-26-17-14-13-15-18-26/h13-15,17-18,20-25H,3-12,16,19H2,1-2H3,(H,33,34)/b23-21+,32-25-. The van der Waals surface area contributed by atoms with Crippen molar-refractivity contribution in [2.45, 2.75) is 84.0 Å². The fraction of sp³-hybridized carbons (Fsp3) is 0.452. The number of rotatable bonds is 18. The molecule has 1 amide bonds. The van der Waals surface area contributed by atoms with E-state index in [1.165, 1.54) is 71.0 Å². The highest BCUT2D eigenvalue weighted by molar-refractivity contribution is 5.89. The molecule has 0 atom stereocenters. The van der Waals surface area contributed by atoms with Crippen LogP contribution in [0.1, 0.15) is 95.1 Å². The van der Waals surface area contributed by atoms with Crippen LogP contribution in [0, 0.1) is 0 Å². The first-order valence-corrected chi connectivity index (χ1v) is 13.6. The number of amides is 1. The number of nitrogens with one attached hydrogen (secondary N) is 1. The molecule has 0 aliphatic rings. The molecule has 37 heavy (non-hydrogen) atoms. The Hall–Kier alpha value is -3.41.